The second-order valence-corrected chi connectivity index (χ2v) is 5.57. The number of hydrogen-bond donors (Lipinski definition) is 1. The van der Waals surface area contributed by atoms with E-state index in [2.05, 4.69) is 32.4 Å². The Hall–Kier alpha value is -1.65. The number of halogens is 2. The highest BCUT2D eigenvalue weighted by molar-refractivity contribution is 5.98. The van der Waals surface area contributed by atoms with Gasteiger partial charge in [0.2, 0.25) is 0 Å². The summed E-state index contributed by atoms with van der Waals surface area (Å²) >= 11 is 0. The van der Waals surface area contributed by atoms with Crippen molar-refractivity contribution < 1.29 is 18.3 Å². The lowest BCUT2D eigenvalue weighted by atomic mass is 10.0. The number of ether oxygens (including phenoxy) is 1. The summed E-state index contributed by atoms with van der Waals surface area (Å²) in [6, 6.07) is 6.02. The molecule has 18 heavy (non-hydrogen) atoms. The van der Waals surface area contributed by atoms with Crippen molar-refractivity contribution in [1.29, 1.82) is 0 Å². The standard InChI is InChI=1S/C8H5F2NO2.C5H12/c9-8(10)7(12)11-5-3-1-2-4-6(5)13-8;1-5(2,3)4/h1-4H,(H,11,12);1-4H3. The first-order valence-electron chi connectivity index (χ1n) is 5.57. The van der Waals surface area contributed by atoms with Gasteiger partial charge in [-0.25, -0.2) is 0 Å². The molecule has 0 atom stereocenters. The first-order valence-corrected chi connectivity index (χ1v) is 5.57. The predicted octanol–water partition coefficient (Wildman–Crippen LogP) is 3.66. The van der Waals surface area contributed by atoms with Gasteiger partial charge in [-0.15, -0.1) is 0 Å². The van der Waals surface area contributed by atoms with E-state index in [0.717, 1.165) is 0 Å². The van der Waals surface area contributed by atoms with E-state index in [4.69, 9.17) is 0 Å². The van der Waals surface area contributed by atoms with Gasteiger partial charge in [0, 0.05) is 0 Å². The first kappa shape index (κ1) is 14.4. The van der Waals surface area contributed by atoms with Crippen LogP contribution in [0.4, 0.5) is 14.5 Å². The van der Waals surface area contributed by atoms with Crippen molar-refractivity contribution in [1.82, 2.24) is 0 Å². The highest BCUT2D eigenvalue weighted by Crippen LogP contribution is 2.34. The Bertz CT molecular complexity index is 433. The number of nitrogens with one attached hydrogen (secondary N) is 1. The molecule has 0 spiro atoms. The van der Waals surface area contributed by atoms with Crippen molar-refractivity contribution in [2.24, 2.45) is 5.41 Å². The lowest BCUT2D eigenvalue weighted by Gasteiger charge is -2.24. The molecule has 0 aromatic heterocycles. The van der Waals surface area contributed by atoms with Crippen LogP contribution in [0.5, 0.6) is 5.75 Å². The van der Waals surface area contributed by atoms with Crippen molar-refractivity contribution in [2.75, 3.05) is 5.32 Å². The van der Waals surface area contributed by atoms with Crippen LogP contribution < -0.4 is 10.1 Å². The fourth-order valence-electron chi connectivity index (χ4n) is 1.04. The molecular formula is C13H17F2NO2. The van der Waals surface area contributed by atoms with Crippen molar-refractivity contribution in [3.8, 4) is 5.75 Å². The normalized spacial score (nSPS) is 16.7. The van der Waals surface area contributed by atoms with Crippen molar-refractivity contribution >= 4 is 11.6 Å². The smallest absolute Gasteiger partial charge is 0.423 e. The number of para-hydroxylation sites is 2. The van der Waals surface area contributed by atoms with Gasteiger partial charge >= 0.3 is 12.0 Å². The summed E-state index contributed by atoms with van der Waals surface area (Å²) in [5, 5.41) is 2.04. The van der Waals surface area contributed by atoms with Gasteiger partial charge in [0.1, 0.15) is 0 Å². The van der Waals surface area contributed by atoms with E-state index < -0.39 is 12.0 Å². The van der Waals surface area contributed by atoms with E-state index in [1.54, 1.807) is 12.1 Å². The molecule has 0 bridgehead atoms. The highest BCUT2D eigenvalue weighted by Gasteiger charge is 2.46. The van der Waals surface area contributed by atoms with Crippen LogP contribution in [-0.2, 0) is 4.79 Å². The Morgan fingerprint density at radius 3 is 2.22 bits per heavy atom. The van der Waals surface area contributed by atoms with Crippen LogP contribution in [0.25, 0.3) is 0 Å². The minimum absolute atomic E-state index is 0.0212. The Morgan fingerprint density at radius 1 is 1.17 bits per heavy atom. The SMILES string of the molecule is CC(C)(C)C.O=C1Nc2ccccc2OC1(F)F. The number of fused-ring (bicyclic) bond motifs is 1. The lowest BCUT2D eigenvalue weighted by Crippen LogP contribution is -2.43. The molecule has 0 fully saturated rings. The van der Waals surface area contributed by atoms with E-state index >= 15 is 0 Å². The summed E-state index contributed by atoms with van der Waals surface area (Å²) in [7, 11) is 0. The molecule has 1 N–H and O–H groups in total. The zero-order chi connectivity index (χ0) is 14.0. The highest BCUT2D eigenvalue weighted by atomic mass is 19.3. The molecule has 2 rings (SSSR count). The Balaban J connectivity index is 0.000000280. The van der Waals surface area contributed by atoms with Gasteiger partial charge < -0.3 is 10.1 Å². The Morgan fingerprint density at radius 2 is 1.67 bits per heavy atom. The monoisotopic (exact) mass is 257 g/mol. The maximum Gasteiger partial charge on any atom is 0.482 e. The zero-order valence-electron chi connectivity index (χ0n) is 10.9. The van der Waals surface area contributed by atoms with E-state index in [-0.39, 0.29) is 11.4 Å². The summed E-state index contributed by atoms with van der Waals surface area (Å²) in [5.74, 6) is -1.46. The van der Waals surface area contributed by atoms with Crippen LogP contribution in [0.3, 0.4) is 0 Å². The van der Waals surface area contributed by atoms with Crippen molar-refractivity contribution in [3.05, 3.63) is 24.3 Å². The quantitative estimate of drug-likeness (QED) is 0.770. The number of alkyl halides is 2. The van der Waals surface area contributed by atoms with Crippen LogP contribution >= 0.6 is 0 Å². The maximum atomic E-state index is 12.6. The van der Waals surface area contributed by atoms with Gasteiger partial charge in [-0.05, 0) is 17.5 Å². The second kappa shape index (κ2) is 4.92. The zero-order valence-corrected chi connectivity index (χ0v) is 10.9. The molecule has 1 aliphatic heterocycles. The molecule has 1 aromatic carbocycles. The average Bonchev–Trinajstić information content (AvgIpc) is 2.16. The number of benzene rings is 1. The molecule has 5 heteroatoms. The molecule has 1 aromatic rings. The van der Waals surface area contributed by atoms with Crippen LogP contribution in [0.1, 0.15) is 27.7 Å². The first-order chi connectivity index (χ1) is 8.09. The van der Waals surface area contributed by atoms with Gasteiger partial charge in [0.25, 0.3) is 0 Å². The molecular weight excluding hydrogens is 240 g/mol. The second-order valence-electron chi connectivity index (χ2n) is 5.57. The van der Waals surface area contributed by atoms with Crippen LogP contribution in [0.15, 0.2) is 24.3 Å². The van der Waals surface area contributed by atoms with Gasteiger partial charge in [0.05, 0.1) is 5.69 Å². The molecule has 0 saturated heterocycles. The molecule has 3 nitrogen and oxygen atoms in total. The predicted molar refractivity (Wildman–Crippen MR) is 65.8 cm³/mol. The third-order valence-corrected chi connectivity index (χ3v) is 1.64. The van der Waals surface area contributed by atoms with E-state index in [9.17, 15) is 13.6 Å². The molecule has 1 heterocycles. The number of carbonyl (C=O) groups excluding carboxylic acids is 1. The van der Waals surface area contributed by atoms with Crippen molar-refractivity contribution in [2.45, 2.75) is 33.8 Å². The van der Waals surface area contributed by atoms with Crippen molar-refractivity contribution in [3.63, 3.8) is 0 Å². The fraction of sp³-hybridized carbons (Fsp3) is 0.462. The number of carbonyl (C=O) groups is 1. The minimum Gasteiger partial charge on any atom is -0.423 e. The van der Waals surface area contributed by atoms with Crippen LogP contribution in [0, 0.1) is 5.41 Å². The molecule has 1 amide bonds. The Labute approximate surface area is 105 Å². The third kappa shape index (κ3) is 4.31. The average molecular weight is 257 g/mol. The number of hydrogen-bond acceptors (Lipinski definition) is 2. The molecule has 0 unspecified atom stereocenters. The van der Waals surface area contributed by atoms with E-state index in [1.807, 2.05) is 5.32 Å². The summed E-state index contributed by atoms with van der Waals surface area (Å²) in [6.07, 6.45) is -3.77. The minimum atomic E-state index is -3.77. The summed E-state index contributed by atoms with van der Waals surface area (Å²) in [4.78, 5) is 10.7. The van der Waals surface area contributed by atoms with Gasteiger partial charge in [-0.2, -0.15) is 8.78 Å². The number of rotatable bonds is 0. The van der Waals surface area contributed by atoms with Crippen LogP contribution in [-0.4, -0.2) is 12.0 Å². The van der Waals surface area contributed by atoms with Crippen LogP contribution in [0.2, 0.25) is 0 Å². The summed E-state index contributed by atoms with van der Waals surface area (Å²) in [6.45, 7) is 8.75. The number of anilines is 1. The third-order valence-electron chi connectivity index (χ3n) is 1.64. The summed E-state index contributed by atoms with van der Waals surface area (Å²) in [5.41, 5.74) is 0.762. The van der Waals surface area contributed by atoms with E-state index in [1.165, 1.54) is 12.1 Å². The summed E-state index contributed by atoms with van der Waals surface area (Å²) < 4.78 is 29.5. The fourth-order valence-corrected chi connectivity index (χ4v) is 1.04. The molecule has 0 saturated carbocycles. The van der Waals surface area contributed by atoms with E-state index in [0.29, 0.717) is 5.41 Å². The van der Waals surface area contributed by atoms with Gasteiger partial charge in [0.15, 0.2) is 5.75 Å². The molecule has 100 valence electrons. The molecule has 0 radical (unpaired) electrons. The Kier molecular flexibility index (Phi) is 3.94. The molecule has 1 aliphatic rings. The largest absolute Gasteiger partial charge is 0.482 e. The topological polar surface area (TPSA) is 38.3 Å². The van der Waals surface area contributed by atoms with Gasteiger partial charge in [-0.3, -0.25) is 4.79 Å². The number of amides is 1. The molecule has 0 aliphatic carbocycles. The lowest BCUT2D eigenvalue weighted by molar-refractivity contribution is -0.189. The maximum absolute atomic E-state index is 12.6. The van der Waals surface area contributed by atoms with Gasteiger partial charge in [-0.1, -0.05) is 39.8 Å².